The van der Waals surface area contributed by atoms with Gasteiger partial charge in [0.15, 0.2) is 11.8 Å². The van der Waals surface area contributed by atoms with Gasteiger partial charge in [-0.25, -0.2) is 0 Å². The smallest absolute Gasteiger partial charge is 0.223 e. The van der Waals surface area contributed by atoms with Gasteiger partial charge in [-0.1, -0.05) is 29.4 Å². The van der Waals surface area contributed by atoms with Crippen molar-refractivity contribution in [2.24, 2.45) is 4.99 Å². The lowest BCUT2D eigenvalue weighted by atomic mass is 10.1. The van der Waals surface area contributed by atoms with E-state index >= 15 is 0 Å². The number of aryl methyl sites for hydroxylation is 1. The topological polar surface area (TPSA) is 87.8 Å². The van der Waals surface area contributed by atoms with E-state index in [4.69, 9.17) is 9.26 Å². The van der Waals surface area contributed by atoms with E-state index in [0.717, 1.165) is 32.8 Å². The van der Waals surface area contributed by atoms with Crippen molar-refractivity contribution < 1.29 is 9.26 Å². The molecule has 0 unspecified atom stereocenters. The Kier molecular flexibility index (Phi) is 6.56. The maximum Gasteiger partial charge on any atom is 0.223 e. The number of benzene rings is 1. The summed E-state index contributed by atoms with van der Waals surface area (Å²) in [6.45, 7) is 7.46. The minimum Gasteiger partial charge on any atom is -0.379 e. The highest BCUT2D eigenvalue weighted by Crippen LogP contribution is 2.13. The molecule has 3 rings (SSSR count). The van der Waals surface area contributed by atoms with Gasteiger partial charge in [0.05, 0.1) is 19.8 Å². The molecule has 2 aromatic rings. The van der Waals surface area contributed by atoms with Gasteiger partial charge in [-0.3, -0.25) is 9.89 Å². The second kappa shape index (κ2) is 9.30. The zero-order valence-electron chi connectivity index (χ0n) is 15.4. The van der Waals surface area contributed by atoms with Gasteiger partial charge in [-0.15, -0.1) is 0 Å². The van der Waals surface area contributed by atoms with E-state index in [9.17, 15) is 0 Å². The third-order valence-corrected chi connectivity index (χ3v) is 4.27. The molecule has 1 aliphatic rings. The van der Waals surface area contributed by atoms with Crippen molar-refractivity contribution in [1.82, 2.24) is 25.7 Å². The molecule has 1 aromatic carbocycles. The first-order valence-corrected chi connectivity index (χ1v) is 8.85. The standard InChI is InChI=1S/C18H26N6O2/c1-14-22-17(23-26-14)12-21-18(19-2)20-11-15-5-3-4-6-16(15)13-24-7-9-25-10-8-24/h3-6H,7-13H2,1-2H3,(H2,19,20,21). The van der Waals surface area contributed by atoms with Gasteiger partial charge in [0.1, 0.15) is 0 Å². The molecule has 0 atom stereocenters. The van der Waals surface area contributed by atoms with Gasteiger partial charge in [0.25, 0.3) is 0 Å². The van der Waals surface area contributed by atoms with Crippen LogP contribution in [0.25, 0.3) is 0 Å². The van der Waals surface area contributed by atoms with Crippen LogP contribution in [0.15, 0.2) is 33.8 Å². The average Bonchev–Trinajstić information content (AvgIpc) is 3.09. The van der Waals surface area contributed by atoms with E-state index in [1.807, 2.05) is 0 Å². The summed E-state index contributed by atoms with van der Waals surface area (Å²) in [5, 5.41) is 10.4. The number of rotatable bonds is 6. The molecular formula is C18H26N6O2. The third kappa shape index (κ3) is 5.27. The molecule has 2 N–H and O–H groups in total. The molecule has 0 spiro atoms. The summed E-state index contributed by atoms with van der Waals surface area (Å²) < 4.78 is 10.4. The number of morpholine rings is 1. The molecule has 1 saturated heterocycles. The molecule has 140 valence electrons. The molecule has 8 heteroatoms. The molecule has 0 aliphatic carbocycles. The van der Waals surface area contributed by atoms with Crippen LogP contribution in [0.1, 0.15) is 22.8 Å². The summed E-state index contributed by atoms with van der Waals surface area (Å²) in [5.74, 6) is 1.87. The molecule has 0 saturated carbocycles. The first-order chi connectivity index (χ1) is 12.7. The number of hydrogen-bond donors (Lipinski definition) is 2. The predicted octanol–water partition coefficient (Wildman–Crippen LogP) is 1.08. The Balaban J connectivity index is 1.54. The van der Waals surface area contributed by atoms with Crippen LogP contribution in [-0.4, -0.2) is 54.4 Å². The summed E-state index contributed by atoms with van der Waals surface area (Å²) in [6, 6.07) is 8.49. The highest BCUT2D eigenvalue weighted by atomic mass is 16.5. The lowest BCUT2D eigenvalue weighted by molar-refractivity contribution is 0.0341. The molecule has 0 bridgehead atoms. The maximum absolute atomic E-state index is 5.43. The fourth-order valence-corrected chi connectivity index (χ4v) is 2.86. The lowest BCUT2D eigenvalue weighted by Gasteiger charge is -2.27. The maximum atomic E-state index is 5.43. The van der Waals surface area contributed by atoms with Crippen LogP contribution < -0.4 is 10.6 Å². The zero-order chi connectivity index (χ0) is 18.2. The van der Waals surface area contributed by atoms with E-state index in [-0.39, 0.29) is 0 Å². The minimum absolute atomic E-state index is 0.465. The molecule has 1 aromatic heterocycles. The fraction of sp³-hybridized carbons (Fsp3) is 0.500. The van der Waals surface area contributed by atoms with Crippen LogP contribution in [0.2, 0.25) is 0 Å². The molecule has 0 amide bonds. The van der Waals surface area contributed by atoms with E-state index in [0.29, 0.717) is 30.8 Å². The highest BCUT2D eigenvalue weighted by Gasteiger charge is 2.13. The van der Waals surface area contributed by atoms with E-state index < -0.39 is 0 Å². The van der Waals surface area contributed by atoms with Crippen molar-refractivity contribution in [3.8, 4) is 0 Å². The van der Waals surface area contributed by atoms with Crippen LogP contribution in [-0.2, 0) is 24.4 Å². The summed E-state index contributed by atoms with van der Waals surface area (Å²) in [7, 11) is 1.75. The molecule has 1 fully saturated rings. The molecular weight excluding hydrogens is 332 g/mol. The normalized spacial score (nSPS) is 15.8. The Hall–Kier alpha value is -2.45. The third-order valence-electron chi connectivity index (χ3n) is 4.27. The molecule has 0 radical (unpaired) electrons. The second-order valence-electron chi connectivity index (χ2n) is 6.17. The van der Waals surface area contributed by atoms with Gasteiger partial charge in [-0.05, 0) is 11.1 Å². The van der Waals surface area contributed by atoms with Crippen LogP contribution in [0.5, 0.6) is 0 Å². The highest BCUT2D eigenvalue weighted by molar-refractivity contribution is 5.79. The van der Waals surface area contributed by atoms with Crippen molar-refractivity contribution in [2.45, 2.75) is 26.6 Å². The van der Waals surface area contributed by atoms with Crippen LogP contribution in [0, 0.1) is 6.92 Å². The summed E-state index contributed by atoms with van der Waals surface area (Å²) in [5.41, 5.74) is 2.59. The number of nitrogens with one attached hydrogen (secondary N) is 2. The number of nitrogens with zero attached hydrogens (tertiary/aromatic N) is 4. The van der Waals surface area contributed by atoms with Crippen molar-refractivity contribution in [3.63, 3.8) is 0 Å². The first kappa shape index (κ1) is 18.3. The Morgan fingerprint density at radius 1 is 1.15 bits per heavy atom. The lowest BCUT2D eigenvalue weighted by Crippen LogP contribution is -2.37. The number of guanidine groups is 1. The zero-order valence-corrected chi connectivity index (χ0v) is 15.4. The fourth-order valence-electron chi connectivity index (χ4n) is 2.86. The number of aromatic nitrogens is 2. The average molecular weight is 358 g/mol. The predicted molar refractivity (Wildman–Crippen MR) is 98.6 cm³/mol. The minimum atomic E-state index is 0.465. The Morgan fingerprint density at radius 3 is 2.58 bits per heavy atom. The van der Waals surface area contributed by atoms with Crippen molar-refractivity contribution in [1.29, 1.82) is 0 Å². The van der Waals surface area contributed by atoms with E-state index in [2.05, 4.69) is 54.9 Å². The molecule has 1 aliphatic heterocycles. The summed E-state index contributed by atoms with van der Waals surface area (Å²) >= 11 is 0. The Morgan fingerprint density at radius 2 is 1.88 bits per heavy atom. The van der Waals surface area contributed by atoms with Crippen LogP contribution >= 0.6 is 0 Å². The monoisotopic (exact) mass is 358 g/mol. The van der Waals surface area contributed by atoms with Gasteiger partial charge >= 0.3 is 0 Å². The molecule has 2 heterocycles. The summed E-state index contributed by atoms with van der Waals surface area (Å²) in [6.07, 6.45) is 0. The van der Waals surface area contributed by atoms with E-state index in [1.165, 1.54) is 11.1 Å². The van der Waals surface area contributed by atoms with E-state index in [1.54, 1.807) is 14.0 Å². The second-order valence-corrected chi connectivity index (χ2v) is 6.17. The van der Waals surface area contributed by atoms with Gasteiger partial charge in [0.2, 0.25) is 5.89 Å². The largest absolute Gasteiger partial charge is 0.379 e. The number of aliphatic imine (C=N–C) groups is 1. The Labute approximate surface area is 153 Å². The number of hydrogen-bond acceptors (Lipinski definition) is 6. The molecule has 8 nitrogen and oxygen atoms in total. The van der Waals surface area contributed by atoms with Crippen molar-refractivity contribution >= 4 is 5.96 Å². The first-order valence-electron chi connectivity index (χ1n) is 8.85. The molecule has 26 heavy (non-hydrogen) atoms. The quantitative estimate of drug-likeness (QED) is 0.590. The summed E-state index contributed by atoms with van der Waals surface area (Å²) in [4.78, 5) is 10.9. The van der Waals surface area contributed by atoms with Crippen molar-refractivity contribution in [3.05, 3.63) is 47.1 Å². The van der Waals surface area contributed by atoms with Gasteiger partial charge < -0.3 is 19.9 Å². The number of ether oxygens (including phenoxy) is 1. The van der Waals surface area contributed by atoms with Gasteiger partial charge in [0, 0.05) is 40.2 Å². The van der Waals surface area contributed by atoms with Crippen LogP contribution in [0.4, 0.5) is 0 Å². The SMILES string of the molecule is CN=C(NCc1noc(C)n1)NCc1ccccc1CN1CCOCC1. The van der Waals surface area contributed by atoms with Crippen LogP contribution in [0.3, 0.4) is 0 Å². The Bertz CT molecular complexity index is 724. The van der Waals surface area contributed by atoms with Gasteiger partial charge in [-0.2, -0.15) is 4.98 Å². The van der Waals surface area contributed by atoms with Crippen molar-refractivity contribution in [2.75, 3.05) is 33.4 Å².